The molecule has 1 N–H and O–H groups in total. The highest BCUT2D eigenvalue weighted by atomic mass is 16.7. The van der Waals surface area contributed by atoms with Crippen molar-refractivity contribution in [2.45, 2.75) is 64.2 Å². The molecule has 0 radical (unpaired) electrons. The fourth-order valence-corrected chi connectivity index (χ4v) is 3.65. The molecule has 0 aromatic heterocycles. The lowest BCUT2D eigenvalue weighted by Gasteiger charge is -2.40. The fraction of sp³-hybridized carbons (Fsp3) is 0.684. The number of nitrogens with one attached hydrogen (secondary N) is 1. The van der Waals surface area contributed by atoms with Crippen molar-refractivity contribution in [2.24, 2.45) is 5.92 Å². The molecular weight excluding hydrogens is 274 g/mol. The average molecular weight is 303 g/mol. The van der Waals surface area contributed by atoms with Crippen molar-refractivity contribution < 1.29 is 9.47 Å². The molecule has 1 saturated heterocycles. The lowest BCUT2D eigenvalue weighted by Crippen LogP contribution is -2.44. The molecule has 1 heterocycles. The predicted molar refractivity (Wildman–Crippen MR) is 90.2 cm³/mol. The number of benzene rings is 1. The summed E-state index contributed by atoms with van der Waals surface area (Å²) >= 11 is 0. The van der Waals surface area contributed by atoms with Gasteiger partial charge >= 0.3 is 0 Å². The largest absolute Gasteiger partial charge is 0.382 e. The highest BCUT2D eigenvalue weighted by Gasteiger charge is 2.43. The Morgan fingerprint density at radius 1 is 1.09 bits per heavy atom. The molecule has 3 nitrogen and oxygen atoms in total. The smallest absolute Gasteiger partial charge is 0.168 e. The molecule has 22 heavy (non-hydrogen) atoms. The summed E-state index contributed by atoms with van der Waals surface area (Å²) in [7, 11) is 0. The molecule has 1 aromatic carbocycles. The topological polar surface area (TPSA) is 30.5 Å². The number of hydrogen-bond donors (Lipinski definition) is 1. The minimum Gasteiger partial charge on any atom is -0.382 e. The van der Waals surface area contributed by atoms with E-state index >= 15 is 0 Å². The van der Waals surface area contributed by atoms with Crippen LogP contribution in [0.25, 0.3) is 0 Å². The van der Waals surface area contributed by atoms with Gasteiger partial charge in [0.1, 0.15) is 0 Å². The monoisotopic (exact) mass is 303 g/mol. The summed E-state index contributed by atoms with van der Waals surface area (Å²) in [6.45, 7) is 10.5. The zero-order valence-electron chi connectivity index (χ0n) is 14.3. The maximum atomic E-state index is 5.85. The van der Waals surface area contributed by atoms with Crippen LogP contribution in [0.15, 0.2) is 24.3 Å². The van der Waals surface area contributed by atoms with E-state index in [1.807, 2.05) is 0 Å². The first-order valence-corrected chi connectivity index (χ1v) is 8.53. The van der Waals surface area contributed by atoms with Crippen molar-refractivity contribution in [3.05, 3.63) is 29.8 Å². The Labute approximate surface area is 134 Å². The van der Waals surface area contributed by atoms with E-state index in [1.165, 1.54) is 11.3 Å². The van der Waals surface area contributed by atoms with E-state index in [-0.39, 0.29) is 11.2 Å². The molecule has 1 spiro atoms. The molecule has 2 unspecified atom stereocenters. The SMILES string of the molecule is CC1CC2(CCC1Nc1ccc(C(C)(C)C)cc1)OCCO2. The van der Waals surface area contributed by atoms with Crippen LogP contribution < -0.4 is 5.32 Å². The second-order valence-electron chi connectivity index (χ2n) is 7.91. The standard InChI is InChI=1S/C19H29NO2/c1-14-13-19(21-11-12-22-19)10-9-17(14)20-16-7-5-15(6-8-16)18(2,3)4/h5-8,14,17,20H,9-13H2,1-4H3. The molecule has 122 valence electrons. The Hall–Kier alpha value is -1.06. The summed E-state index contributed by atoms with van der Waals surface area (Å²) < 4.78 is 11.7. The van der Waals surface area contributed by atoms with Gasteiger partial charge in [0.2, 0.25) is 0 Å². The van der Waals surface area contributed by atoms with Crippen LogP contribution in [-0.4, -0.2) is 25.0 Å². The van der Waals surface area contributed by atoms with Crippen molar-refractivity contribution in [2.75, 3.05) is 18.5 Å². The van der Waals surface area contributed by atoms with E-state index in [2.05, 4.69) is 57.3 Å². The fourth-order valence-electron chi connectivity index (χ4n) is 3.65. The van der Waals surface area contributed by atoms with Gasteiger partial charge in [0.05, 0.1) is 13.2 Å². The van der Waals surface area contributed by atoms with Gasteiger partial charge in [-0.1, -0.05) is 39.8 Å². The van der Waals surface area contributed by atoms with Crippen LogP contribution >= 0.6 is 0 Å². The normalized spacial score (nSPS) is 28.0. The highest BCUT2D eigenvalue weighted by molar-refractivity contribution is 5.46. The van der Waals surface area contributed by atoms with Gasteiger partial charge in [-0.3, -0.25) is 0 Å². The molecule has 0 amide bonds. The molecule has 3 rings (SSSR count). The van der Waals surface area contributed by atoms with Crippen molar-refractivity contribution in [3.63, 3.8) is 0 Å². The Morgan fingerprint density at radius 3 is 2.27 bits per heavy atom. The van der Waals surface area contributed by atoms with E-state index in [4.69, 9.17) is 9.47 Å². The van der Waals surface area contributed by atoms with Crippen molar-refractivity contribution in [1.29, 1.82) is 0 Å². The van der Waals surface area contributed by atoms with E-state index in [0.29, 0.717) is 12.0 Å². The summed E-state index contributed by atoms with van der Waals surface area (Å²) in [5.41, 5.74) is 2.80. The van der Waals surface area contributed by atoms with Gasteiger partial charge in [-0.05, 0) is 35.4 Å². The van der Waals surface area contributed by atoms with Crippen LogP contribution in [-0.2, 0) is 14.9 Å². The zero-order valence-corrected chi connectivity index (χ0v) is 14.3. The highest BCUT2D eigenvalue weighted by Crippen LogP contribution is 2.39. The predicted octanol–water partition coefficient (Wildman–Crippen LogP) is 4.33. The number of hydrogen-bond acceptors (Lipinski definition) is 3. The van der Waals surface area contributed by atoms with Crippen LogP contribution in [0, 0.1) is 5.92 Å². The maximum absolute atomic E-state index is 5.85. The Balaban J connectivity index is 1.62. The average Bonchev–Trinajstić information content (AvgIpc) is 2.90. The second kappa shape index (κ2) is 5.86. The molecule has 2 atom stereocenters. The summed E-state index contributed by atoms with van der Waals surface area (Å²) in [4.78, 5) is 0. The molecule has 2 aliphatic rings. The van der Waals surface area contributed by atoms with Gasteiger partial charge in [-0.2, -0.15) is 0 Å². The van der Waals surface area contributed by atoms with Gasteiger partial charge in [0.25, 0.3) is 0 Å². The third-order valence-electron chi connectivity index (χ3n) is 5.07. The van der Waals surface area contributed by atoms with Crippen molar-refractivity contribution in [3.8, 4) is 0 Å². The molecule has 0 bridgehead atoms. The third-order valence-corrected chi connectivity index (χ3v) is 5.07. The maximum Gasteiger partial charge on any atom is 0.168 e. The quantitative estimate of drug-likeness (QED) is 0.882. The lowest BCUT2D eigenvalue weighted by atomic mass is 9.81. The van der Waals surface area contributed by atoms with Crippen LogP contribution in [0.1, 0.15) is 52.5 Å². The first-order chi connectivity index (χ1) is 10.4. The van der Waals surface area contributed by atoms with E-state index in [0.717, 1.165) is 32.5 Å². The zero-order chi connectivity index (χ0) is 15.8. The first kappa shape index (κ1) is 15.8. The second-order valence-corrected chi connectivity index (χ2v) is 7.91. The van der Waals surface area contributed by atoms with Crippen LogP contribution in [0.5, 0.6) is 0 Å². The third kappa shape index (κ3) is 3.31. The summed E-state index contributed by atoms with van der Waals surface area (Å²) in [5.74, 6) is 0.266. The van der Waals surface area contributed by atoms with E-state index < -0.39 is 0 Å². The summed E-state index contributed by atoms with van der Waals surface area (Å²) in [6, 6.07) is 9.39. The molecule has 2 fully saturated rings. The number of ether oxygens (including phenoxy) is 2. The Bertz CT molecular complexity index is 497. The van der Waals surface area contributed by atoms with Gasteiger partial charge < -0.3 is 14.8 Å². The van der Waals surface area contributed by atoms with Crippen LogP contribution in [0.3, 0.4) is 0 Å². The number of rotatable bonds is 2. The minimum absolute atomic E-state index is 0.209. The number of anilines is 1. The molecular formula is C19H29NO2. The Morgan fingerprint density at radius 2 is 1.73 bits per heavy atom. The molecule has 1 aliphatic heterocycles. The van der Waals surface area contributed by atoms with E-state index in [9.17, 15) is 0 Å². The van der Waals surface area contributed by atoms with Gasteiger partial charge in [0, 0.05) is 24.6 Å². The molecule has 3 heteroatoms. The molecule has 1 saturated carbocycles. The van der Waals surface area contributed by atoms with E-state index in [1.54, 1.807) is 0 Å². The van der Waals surface area contributed by atoms with Crippen LogP contribution in [0.2, 0.25) is 0 Å². The first-order valence-electron chi connectivity index (χ1n) is 8.53. The molecule has 1 aromatic rings. The van der Waals surface area contributed by atoms with Crippen molar-refractivity contribution >= 4 is 5.69 Å². The lowest BCUT2D eigenvalue weighted by molar-refractivity contribution is -0.186. The van der Waals surface area contributed by atoms with Gasteiger partial charge in [-0.25, -0.2) is 0 Å². The van der Waals surface area contributed by atoms with Gasteiger partial charge in [0.15, 0.2) is 5.79 Å². The summed E-state index contributed by atoms with van der Waals surface area (Å²) in [6.07, 6.45) is 3.09. The minimum atomic E-state index is -0.284. The van der Waals surface area contributed by atoms with Crippen LogP contribution in [0.4, 0.5) is 5.69 Å². The van der Waals surface area contributed by atoms with Gasteiger partial charge in [-0.15, -0.1) is 0 Å². The Kier molecular flexibility index (Phi) is 4.21. The molecule has 1 aliphatic carbocycles. The summed E-state index contributed by atoms with van der Waals surface area (Å²) in [5, 5.41) is 3.70. The van der Waals surface area contributed by atoms with Crippen molar-refractivity contribution in [1.82, 2.24) is 0 Å².